The molecule has 44 valence electrons. The van der Waals surface area contributed by atoms with Crippen LogP contribution in [0.3, 0.4) is 0 Å². The normalized spacial score (nSPS) is 9.62. The van der Waals surface area contributed by atoms with E-state index in [9.17, 15) is 4.79 Å². The van der Waals surface area contributed by atoms with Crippen molar-refractivity contribution >= 4 is 11.7 Å². The van der Waals surface area contributed by atoms with Gasteiger partial charge in [-0.25, -0.2) is 0 Å². The van der Waals surface area contributed by atoms with Gasteiger partial charge >= 0.3 is 0 Å². The van der Waals surface area contributed by atoms with Crippen LogP contribution in [0.1, 0.15) is 5.69 Å². The highest BCUT2D eigenvalue weighted by Gasteiger charge is 1.96. The van der Waals surface area contributed by atoms with Crippen LogP contribution in [0, 0.1) is 0 Å². The Kier molecular flexibility index (Phi) is 1.40. The van der Waals surface area contributed by atoms with Crippen LogP contribution in [-0.2, 0) is 6.61 Å². The van der Waals surface area contributed by atoms with Crippen LogP contribution in [0.4, 0.5) is 0 Å². The lowest BCUT2D eigenvalue weighted by atomic mass is 10.5. The van der Waals surface area contributed by atoms with E-state index < -0.39 is 0 Å². The molecule has 0 aliphatic carbocycles. The summed E-state index contributed by atoms with van der Waals surface area (Å²) in [5.74, 6) is 0. The summed E-state index contributed by atoms with van der Waals surface area (Å²) in [5.41, 5.74) is -0.104. The predicted octanol–water partition coefficient (Wildman–Crippen LogP) is -0.676. The first-order valence-electron chi connectivity index (χ1n) is 1.98. The van der Waals surface area contributed by atoms with Crippen molar-refractivity contribution in [1.82, 2.24) is 8.75 Å². The molecule has 0 amide bonds. The first kappa shape index (κ1) is 5.46. The molecule has 4 nitrogen and oxygen atoms in total. The van der Waals surface area contributed by atoms with Crippen molar-refractivity contribution in [2.75, 3.05) is 0 Å². The summed E-state index contributed by atoms with van der Waals surface area (Å²) in [4.78, 5) is 10.4. The number of aromatic nitrogens is 2. The van der Waals surface area contributed by atoms with Crippen LogP contribution in [-0.4, -0.2) is 13.9 Å². The smallest absolute Gasteiger partial charge is 0.283 e. The molecule has 0 saturated carbocycles. The Morgan fingerprint density at radius 3 is 2.88 bits per heavy atom. The molecule has 8 heavy (non-hydrogen) atoms. The maximum absolute atomic E-state index is 10.4. The lowest BCUT2D eigenvalue weighted by Crippen LogP contribution is -2.04. The Bertz CT molecular complexity index is 215. The zero-order valence-corrected chi connectivity index (χ0v) is 4.73. The van der Waals surface area contributed by atoms with Crippen LogP contribution in [0.25, 0.3) is 0 Å². The number of H-pyrrole nitrogens is 1. The van der Waals surface area contributed by atoms with E-state index in [0.29, 0.717) is 0 Å². The minimum Gasteiger partial charge on any atom is -0.390 e. The molecule has 0 radical (unpaired) electrons. The molecule has 2 N–H and O–H groups in total. The van der Waals surface area contributed by atoms with E-state index in [2.05, 4.69) is 8.75 Å². The summed E-state index contributed by atoms with van der Waals surface area (Å²) in [6.07, 6.45) is 0. The Hall–Kier alpha value is -0.680. The largest absolute Gasteiger partial charge is 0.390 e. The molecule has 5 heteroatoms. The van der Waals surface area contributed by atoms with Gasteiger partial charge in [0.15, 0.2) is 0 Å². The molecule has 1 aromatic rings. The lowest BCUT2D eigenvalue weighted by molar-refractivity contribution is 0.276. The van der Waals surface area contributed by atoms with E-state index in [4.69, 9.17) is 5.11 Å². The number of aliphatic hydroxyl groups excluding tert-OH is 1. The molecule has 0 fully saturated rings. The summed E-state index contributed by atoms with van der Waals surface area (Å²) in [6.45, 7) is -0.279. The van der Waals surface area contributed by atoms with Crippen molar-refractivity contribution in [1.29, 1.82) is 0 Å². The maximum Gasteiger partial charge on any atom is 0.283 e. The molecule has 0 bridgehead atoms. The number of nitrogens with one attached hydrogen (secondary N) is 1. The second kappa shape index (κ2) is 2.06. The van der Waals surface area contributed by atoms with Gasteiger partial charge in [-0.05, 0) is 0 Å². The number of aromatic amines is 1. The standard InChI is InChI=1S/C3H4N2O2S/c6-1-2-3(7)5-8-4-2/h6H,1H2,(H,5,7). The van der Waals surface area contributed by atoms with E-state index in [1.807, 2.05) is 0 Å². The third-order valence-electron chi connectivity index (χ3n) is 0.706. The van der Waals surface area contributed by atoms with Crippen molar-refractivity contribution < 1.29 is 5.11 Å². The minimum absolute atomic E-state index is 0.190. The van der Waals surface area contributed by atoms with Gasteiger partial charge in [-0.3, -0.25) is 9.17 Å². The Morgan fingerprint density at radius 2 is 2.62 bits per heavy atom. The highest BCUT2D eigenvalue weighted by Crippen LogP contribution is 1.83. The average Bonchev–Trinajstić information content (AvgIpc) is 2.14. The molecule has 1 rings (SSSR count). The first-order chi connectivity index (χ1) is 3.84. The molecule has 0 aromatic carbocycles. The van der Waals surface area contributed by atoms with Gasteiger partial charge in [0.25, 0.3) is 5.56 Å². The molecule has 0 atom stereocenters. The second-order valence-corrected chi connectivity index (χ2v) is 1.79. The summed E-state index contributed by atoms with van der Waals surface area (Å²) in [5, 5.41) is 8.33. The number of nitrogens with zero attached hydrogens (tertiary/aromatic N) is 1. The van der Waals surface area contributed by atoms with Crippen LogP contribution in [0.15, 0.2) is 4.79 Å². The van der Waals surface area contributed by atoms with E-state index in [1.165, 1.54) is 0 Å². The quantitative estimate of drug-likeness (QED) is 0.532. The molecule has 1 heterocycles. The predicted molar refractivity (Wildman–Crippen MR) is 28.7 cm³/mol. The van der Waals surface area contributed by atoms with Crippen molar-refractivity contribution in [2.24, 2.45) is 0 Å². The molecular weight excluding hydrogens is 128 g/mol. The molecule has 0 unspecified atom stereocenters. The average molecular weight is 132 g/mol. The van der Waals surface area contributed by atoms with Gasteiger partial charge in [0, 0.05) is 11.7 Å². The highest BCUT2D eigenvalue weighted by atomic mass is 32.1. The fourth-order valence-electron chi connectivity index (χ4n) is 0.320. The zero-order chi connectivity index (χ0) is 5.98. The molecular formula is C3H4N2O2S. The van der Waals surface area contributed by atoms with E-state index in [1.54, 1.807) is 0 Å². The molecule has 1 aromatic heterocycles. The fraction of sp³-hybridized carbons (Fsp3) is 0.333. The third-order valence-corrected chi connectivity index (χ3v) is 1.29. The SMILES string of the molecule is O=c1[nH]snc1CO. The fourth-order valence-corrected chi connectivity index (χ4v) is 0.818. The molecule has 0 saturated heterocycles. The molecule has 0 aliphatic heterocycles. The Balaban J connectivity index is 3.11. The summed E-state index contributed by atoms with van der Waals surface area (Å²) < 4.78 is 5.89. The molecule has 0 aliphatic rings. The monoisotopic (exact) mass is 132 g/mol. The van der Waals surface area contributed by atoms with Crippen molar-refractivity contribution in [3.05, 3.63) is 16.0 Å². The summed E-state index contributed by atoms with van der Waals surface area (Å²) >= 11 is 0.943. The number of aliphatic hydroxyl groups is 1. The van der Waals surface area contributed by atoms with E-state index >= 15 is 0 Å². The Morgan fingerprint density at radius 1 is 1.88 bits per heavy atom. The van der Waals surface area contributed by atoms with Crippen LogP contribution in [0.5, 0.6) is 0 Å². The van der Waals surface area contributed by atoms with Crippen molar-refractivity contribution in [3.8, 4) is 0 Å². The topological polar surface area (TPSA) is 66.0 Å². The third kappa shape index (κ3) is 0.775. The number of rotatable bonds is 1. The van der Waals surface area contributed by atoms with Crippen molar-refractivity contribution in [3.63, 3.8) is 0 Å². The van der Waals surface area contributed by atoms with Gasteiger partial charge in [0.2, 0.25) is 0 Å². The Labute approximate surface area is 49.1 Å². The minimum atomic E-state index is -0.294. The maximum atomic E-state index is 10.4. The molecule has 0 spiro atoms. The van der Waals surface area contributed by atoms with Crippen LogP contribution < -0.4 is 5.56 Å². The van der Waals surface area contributed by atoms with Crippen molar-refractivity contribution in [2.45, 2.75) is 6.61 Å². The van der Waals surface area contributed by atoms with Gasteiger partial charge in [-0.15, -0.1) is 0 Å². The number of hydrogen-bond donors (Lipinski definition) is 2. The van der Waals surface area contributed by atoms with Crippen LogP contribution in [0.2, 0.25) is 0 Å². The van der Waals surface area contributed by atoms with Crippen LogP contribution >= 0.6 is 11.7 Å². The second-order valence-electron chi connectivity index (χ2n) is 1.22. The number of hydrogen-bond acceptors (Lipinski definition) is 4. The highest BCUT2D eigenvalue weighted by molar-refractivity contribution is 6.99. The van der Waals surface area contributed by atoms with E-state index in [-0.39, 0.29) is 17.9 Å². The summed E-state index contributed by atoms with van der Waals surface area (Å²) in [7, 11) is 0. The zero-order valence-electron chi connectivity index (χ0n) is 3.92. The first-order valence-corrected chi connectivity index (χ1v) is 2.76. The van der Waals surface area contributed by atoms with Gasteiger partial charge in [0.1, 0.15) is 5.69 Å². The van der Waals surface area contributed by atoms with Gasteiger partial charge in [-0.1, -0.05) is 0 Å². The van der Waals surface area contributed by atoms with Gasteiger partial charge in [-0.2, -0.15) is 4.37 Å². The lowest BCUT2D eigenvalue weighted by Gasteiger charge is -1.74. The van der Waals surface area contributed by atoms with Gasteiger partial charge in [0.05, 0.1) is 6.61 Å². The van der Waals surface area contributed by atoms with Gasteiger partial charge < -0.3 is 5.11 Å². The summed E-state index contributed by atoms with van der Waals surface area (Å²) in [6, 6.07) is 0. The van der Waals surface area contributed by atoms with E-state index in [0.717, 1.165) is 11.7 Å².